The van der Waals surface area contributed by atoms with Gasteiger partial charge in [0, 0.05) is 0 Å². The Labute approximate surface area is 421 Å². The summed E-state index contributed by atoms with van der Waals surface area (Å²) < 4.78 is 24.6. The molecule has 0 radical (unpaired) electrons. The van der Waals surface area contributed by atoms with Gasteiger partial charge < -0.3 is 12.3 Å². The van der Waals surface area contributed by atoms with Gasteiger partial charge in [0.15, 0.2) is 0 Å². The van der Waals surface area contributed by atoms with Crippen LogP contribution in [0.5, 0.6) is 0 Å². The van der Waals surface area contributed by atoms with Crippen molar-refractivity contribution >= 4 is 25.7 Å². The molecule has 0 amide bonds. The smallest absolute Gasteiger partial charge is 0.320 e. The Morgan fingerprint density at radius 1 is 0.152 bits per heavy atom. The summed E-state index contributed by atoms with van der Waals surface area (Å²) >= 11 is 0. The van der Waals surface area contributed by atoms with Gasteiger partial charge in [-0.1, -0.05) is 350 Å². The van der Waals surface area contributed by atoms with Gasteiger partial charge in [-0.25, -0.2) is 0 Å². The predicted molar refractivity (Wildman–Crippen MR) is 305 cm³/mol. The second kappa shape index (κ2) is 47.8. The van der Waals surface area contributed by atoms with Crippen molar-refractivity contribution < 1.29 is 12.3 Å². The van der Waals surface area contributed by atoms with Crippen molar-refractivity contribution in [2.75, 3.05) is 0 Å². The lowest BCUT2D eigenvalue weighted by Crippen LogP contribution is -2.70. The molecule has 1 aliphatic rings. The molecular formula is C60H126O3Si3. The second-order valence-electron chi connectivity index (χ2n) is 22.4. The molecule has 6 heteroatoms. The van der Waals surface area contributed by atoms with Crippen LogP contribution in [0.2, 0.25) is 36.3 Å². The third kappa shape index (κ3) is 36.5. The Bertz CT molecular complexity index is 772. The maximum Gasteiger partial charge on any atom is 0.320 e. The minimum absolute atomic E-state index is 1.26. The average Bonchev–Trinajstić information content (AvgIpc) is 3.31. The largest absolute Gasteiger partial charge is 0.415 e. The van der Waals surface area contributed by atoms with E-state index in [2.05, 4.69) is 41.5 Å². The van der Waals surface area contributed by atoms with E-state index >= 15 is 0 Å². The van der Waals surface area contributed by atoms with Crippen LogP contribution in [-0.4, -0.2) is 25.7 Å². The summed E-state index contributed by atoms with van der Waals surface area (Å²) in [7, 11) is -7.44. The third-order valence-electron chi connectivity index (χ3n) is 15.6. The van der Waals surface area contributed by atoms with Crippen LogP contribution in [0.15, 0.2) is 0 Å². The van der Waals surface area contributed by atoms with Crippen LogP contribution in [0.25, 0.3) is 0 Å². The molecule has 0 aromatic carbocycles. The standard InChI is InChI=1S/C60H126O3Si3/c1-7-13-19-25-31-37-43-49-55-64(56-50-44-38-32-26-20-14-8-2)61-65(57-51-45-39-33-27-21-15-9-3,58-52-46-40-34-28-22-16-10-4)63-66(62-64,59-53-47-41-35-29-23-17-11-5)60-54-48-42-36-30-24-18-12-6/h7-60H2,1-6H3. The molecule has 66 heavy (non-hydrogen) atoms. The highest BCUT2D eigenvalue weighted by Crippen LogP contribution is 2.46. The molecule has 0 spiro atoms. The van der Waals surface area contributed by atoms with Gasteiger partial charge in [0.25, 0.3) is 0 Å². The van der Waals surface area contributed by atoms with Crippen molar-refractivity contribution in [3.63, 3.8) is 0 Å². The lowest BCUT2D eigenvalue weighted by molar-refractivity contribution is 0.201. The van der Waals surface area contributed by atoms with Gasteiger partial charge in [0.05, 0.1) is 0 Å². The van der Waals surface area contributed by atoms with Gasteiger partial charge in [0.2, 0.25) is 0 Å². The maximum atomic E-state index is 8.19. The molecule has 0 unspecified atom stereocenters. The molecule has 0 atom stereocenters. The maximum absolute atomic E-state index is 8.19. The van der Waals surface area contributed by atoms with Crippen LogP contribution in [0.1, 0.15) is 350 Å². The Kier molecular flexibility index (Phi) is 46.8. The fourth-order valence-electron chi connectivity index (χ4n) is 11.2. The van der Waals surface area contributed by atoms with Crippen LogP contribution in [0, 0.1) is 0 Å². The van der Waals surface area contributed by atoms with Gasteiger partial charge in [-0.2, -0.15) is 0 Å². The zero-order valence-electron chi connectivity index (χ0n) is 46.9. The molecule has 1 saturated heterocycles. The Hall–Kier alpha value is 0.531. The lowest BCUT2D eigenvalue weighted by Gasteiger charge is -2.54. The van der Waals surface area contributed by atoms with Crippen LogP contribution in [-0.2, 0) is 12.3 Å². The predicted octanol–water partition coefficient (Wildman–Crippen LogP) is 23.2. The monoisotopic (exact) mass is 979 g/mol. The number of hydrogen-bond donors (Lipinski definition) is 0. The molecule has 0 aromatic rings. The van der Waals surface area contributed by atoms with E-state index in [9.17, 15) is 0 Å². The highest BCUT2D eigenvalue weighted by molar-refractivity contribution is 6.94. The molecule has 0 bridgehead atoms. The van der Waals surface area contributed by atoms with E-state index in [1.807, 2.05) is 0 Å². The Morgan fingerprint density at radius 2 is 0.258 bits per heavy atom. The normalized spacial score (nSPS) is 15.5. The first-order chi connectivity index (χ1) is 32.5. The van der Waals surface area contributed by atoms with E-state index in [4.69, 9.17) is 12.3 Å². The fraction of sp³-hybridized carbons (Fsp3) is 1.00. The molecule has 1 heterocycles. The molecule has 1 aliphatic heterocycles. The van der Waals surface area contributed by atoms with E-state index in [0.29, 0.717) is 0 Å². The summed E-state index contributed by atoms with van der Waals surface area (Å²) in [6.07, 6.45) is 66.8. The van der Waals surface area contributed by atoms with Gasteiger partial charge >= 0.3 is 25.7 Å². The molecule has 1 rings (SSSR count). The summed E-state index contributed by atoms with van der Waals surface area (Å²) in [4.78, 5) is 0. The summed E-state index contributed by atoms with van der Waals surface area (Å²) in [5.74, 6) is 0. The fourth-order valence-corrected chi connectivity index (χ4v) is 31.4. The summed E-state index contributed by atoms with van der Waals surface area (Å²) in [5.41, 5.74) is 0. The number of unbranched alkanes of at least 4 members (excludes halogenated alkanes) is 42. The molecule has 0 aliphatic carbocycles. The van der Waals surface area contributed by atoms with Gasteiger partial charge in [-0.15, -0.1) is 0 Å². The molecule has 0 N–H and O–H groups in total. The van der Waals surface area contributed by atoms with Crippen molar-refractivity contribution in [3.8, 4) is 0 Å². The van der Waals surface area contributed by atoms with Gasteiger partial charge in [-0.05, 0) is 36.3 Å². The summed E-state index contributed by atoms with van der Waals surface area (Å²) in [5, 5.41) is 0. The quantitative estimate of drug-likeness (QED) is 0.0449. The SMILES string of the molecule is CCCCCCCCCC[Si]1(CCCCCCCCCC)O[Si](CCCCCCCCCC)(CCCCCCCCCC)O[Si](CCCCCCCCCC)(CCCCCCCCCC)O1. The van der Waals surface area contributed by atoms with Crippen molar-refractivity contribution in [2.24, 2.45) is 0 Å². The summed E-state index contributed by atoms with van der Waals surface area (Å²) in [6.45, 7) is 14.1. The minimum atomic E-state index is -2.48. The van der Waals surface area contributed by atoms with Crippen LogP contribution in [0.4, 0.5) is 0 Å². The van der Waals surface area contributed by atoms with Crippen LogP contribution < -0.4 is 0 Å². The molecular weight excluding hydrogens is 853 g/mol. The number of rotatable bonds is 54. The van der Waals surface area contributed by atoms with Crippen LogP contribution >= 0.6 is 0 Å². The Balaban J connectivity index is 3.56. The molecule has 1 fully saturated rings. The van der Waals surface area contributed by atoms with E-state index in [0.717, 1.165) is 0 Å². The van der Waals surface area contributed by atoms with E-state index in [1.165, 1.54) is 344 Å². The van der Waals surface area contributed by atoms with Crippen molar-refractivity contribution in [1.82, 2.24) is 0 Å². The van der Waals surface area contributed by atoms with Crippen LogP contribution in [0.3, 0.4) is 0 Å². The molecule has 0 saturated carbocycles. The van der Waals surface area contributed by atoms with Crippen molar-refractivity contribution in [3.05, 3.63) is 0 Å². The van der Waals surface area contributed by atoms with Gasteiger partial charge in [-0.3, -0.25) is 0 Å². The van der Waals surface area contributed by atoms with Crippen molar-refractivity contribution in [1.29, 1.82) is 0 Å². The van der Waals surface area contributed by atoms with E-state index in [1.54, 1.807) is 0 Å². The molecule has 3 nitrogen and oxygen atoms in total. The summed E-state index contributed by atoms with van der Waals surface area (Å²) in [6, 6.07) is 7.55. The minimum Gasteiger partial charge on any atom is -0.415 e. The first-order valence-corrected chi connectivity index (χ1v) is 38.3. The second-order valence-corrected chi connectivity index (χ2v) is 33.3. The highest BCUT2D eigenvalue weighted by Gasteiger charge is 2.60. The third-order valence-corrected chi connectivity index (χ3v) is 31.2. The molecule has 0 aromatic heterocycles. The van der Waals surface area contributed by atoms with E-state index < -0.39 is 25.7 Å². The average molecular weight is 980 g/mol. The Morgan fingerprint density at radius 3 is 0.379 bits per heavy atom. The first kappa shape index (κ1) is 64.5. The zero-order chi connectivity index (χ0) is 47.8. The molecule has 396 valence electrons. The number of hydrogen-bond acceptors (Lipinski definition) is 3. The first-order valence-electron chi connectivity index (χ1n) is 31.6. The lowest BCUT2D eigenvalue weighted by atomic mass is 10.1. The van der Waals surface area contributed by atoms with Crippen molar-refractivity contribution in [2.45, 2.75) is 386 Å². The topological polar surface area (TPSA) is 27.7 Å². The van der Waals surface area contributed by atoms with Gasteiger partial charge in [0.1, 0.15) is 0 Å². The highest BCUT2D eigenvalue weighted by atomic mass is 28.5. The zero-order valence-corrected chi connectivity index (χ0v) is 49.9. The van der Waals surface area contributed by atoms with E-state index in [-0.39, 0.29) is 0 Å².